The summed E-state index contributed by atoms with van der Waals surface area (Å²) in [5, 5.41) is 0. The van der Waals surface area contributed by atoms with E-state index in [0.29, 0.717) is 5.92 Å². The molecule has 8 aliphatic carbocycles. The molecular weight excluding hydrogens is 775 g/mol. The molecule has 0 nitrogen and oxygen atoms in total. The normalized spacial score (nSPS) is 42.3. The molecule has 10 unspecified atom stereocenters. The van der Waals surface area contributed by atoms with Gasteiger partial charge in [0, 0.05) is 10.8 Å². The molecular formula is C51H72Cl2Zr-2. The van der Waals surface area contributed by atoms with Crippen LogP contribution in [0.25, 0.3) is 0 Å². The van der Waals surface area contributed by atoms with Crippen LogP contribution in [0.2, 0.25) is 0 Å². The Morgan fingerprint density at radius 2 is 1.13 bits per heavy atom. The zero-order valence-electron chi connectivity index (χ0n) is 35.6. The molecule has 3 heteroatoms. The van der Waals surface area contributed by atoms with Crippen LogP contribution in [0, 0.1) is 80.0 Å². The Bertz CT molecular complexity index is 1560. The van der Waals surface area contributed by atoms with Gasteiger partial charge in [0.05, 0.1) is 0 Å². The molecule has 0 bridgehead atoms. The third-order valence-corrected chi connectivity index (χ3v) is 20.6. The average Bonchev–Trinajstić information content (AvgIpc) is 3.81. The average molecular weight is 847 g/mol. The van der Waals surface area contributed by atoms with Gasteiger partial charge in [0.25, 0.3) is 0 Å². The maximum absolute atomic E-state index is 2.99. The minimum Gasteiger partial charge on any atom is -1.00 e. The van der Waals surface area contributed by atoms with Crippen LogP contribution in [-0.2, 0) is 24.2 Å². The molecule has 0 N–H and O–H groups in total. The van der Waals surface area contributed by atoms with Crippen molar-refractivity contribution >= 4 is 3.21 Å². The molecule has 0 aromatic heterocycles. The van der Waals surface area contributed by atoms with Crippen molar-refractivity contribution < 1.29 is 49.0 Å². The summed E-state index contributed by atoms with van der Waals surface area (Å²) >= 11 is 1.74. The van der Waals surface area contributed by atoms with Gasteiger partial charge in [-0.1, -0.05) is 115 Å². The topological polar surface area (TPSA) is 0 Å². The molecule has 0 aliphatic heterocycles. The minimum atomic E-state index is 0. The van der Waals surface area contributed by atoms with E-state index in [-0.39, 0.29) is 62.7 Å². The van der Waals surface area contributed by atoms with E-state index in [1.165, 1.54) is 69.8 Å². The molecule has 0 aromatic rings. The van der Waals surface area contributed by atoms with Gasteiger partial charge in [-0.3, -0.25) is 6.08 Å². The SMILES string of the molecule is CC([C](=[Zr+2])C(C)C1CCCCC1)C1CCCCC1.CC1=CC=CC2[CH-]C3(C)C4(C)C=CC=CC4(C)C4(C)C=CC=CC4(C)C3(C)C12C.[C-]1=CC=CC1.[Cl-].[Cl-]. The number of halogens is 2. The standard InChI is InChI=1S/C29H37.C17H30.C5H5.2ClH.Zr/c1-21-14-13-15-22-20-27(6)25(4)18-10-9-16-23(25,2)24(3)17-11-12-19-26(24,5)29(27,8)28(21,22)7;1-14(16-9-5-3-6-10-16)13-15(2)17-11-7-4-8-12-17;1-2-4-5-3-1;;;/h9-20,22H,1-8H3;14-17H,3-12H2,1-2H3;1-3H,4H2;2*1H;/q-1;;-1;;;+2/p-2. The molecule has 8 aliphatic rings. The molecule has 0 aromatic carbocycles. The van der Waals surface area contributed by atoms with Crippen molar-refractivity contribution in [3.63, 3.8) is 0 Å². The summed E-state index contributed by atoms with van der Waals surface area (Å²) in [5.74, 6) is 4.35. The van der Waals surface area contributed by atoms with E-state index in [2.05, 4.69) is 155 Å². The van der Waals surface area contributed by atoms with Gasteiger partial charge in [0.2, 0.25) is 0 Å². The molecule has 8 rings (SSSR count). The van der Waals surface area contributed by atoms with Crippen LogP contribution in [0.1, 0.15) is 140 Å². The molecule has 0 amide bonds. The predicted octanol–water partition coefficient (Wildman–Crippen LogP) is 8.10. The Balaban J connectivity index is 0.000000222. The van der Waals surface area contributed by atoms with Gasteiger partial charge in [0.1, 0.15) is 0 Å². The summed E-state index contributed by atoms with van der Waals surface area (Å²) in [5.41, 5.74) is 1.73. The molecule has 10 atom stereocenters. The van der Waals surface area contributed by atoms with Crippen molar-refractivity contribution in [1.29, 1.82) is 0 Å². The maximum atomic E-state index is 2.99. The van der Waals surface area contributed by atoms with Gasteiger partial charge < -0.3 is 31.2 Å². The molecule has 0 spiro atoms. The van der Waals surface area contributed by atoms with Crippen LogP contribution in [0.15, 0.2) is 90.6 Å². The quantitative estimate of drug-likeness (QED) is 0.251. The first-order valence-electron chi connectivity index (χ1n) is 21.4. The Hall–Kier alpha value is -0.747. The van der Waals surface area contributed by atoms with E-state index >= 15 is 0 Å². The summed E-state index contributed by atoms with van der Waals surface area (Å²) in [6, 6.07) is 0. The second-order valence-corrected chi connectivity index (χ2v) is 21.0. The van der Waals surface area contributed by atoms with Crippen molar-refractivity contribution in [2.75, 3.05) is 0 Å². The molecule has 54 heavy (non-hydrogen) atoms. The fraction of sp³-hybridized carbons (Fsp3) is 0.647. The summed E-state index contributed by atoms with van der Waals surface area (Å²) in [6.45, 7) is 25.4. The third kappa shape index (κ3) is 6.58. The number of rotatable bonds is 4. The van der Waals surface area contributed by atoms with E-state index in [0.717, 1.165) is 30.1 Å². The van der Waals surface area contributed by atoms with Crippen LogP contribution < -0.4 is 24.8 Å². The van der Waals surface area contributed by atoms with Crippen LogP contribution in [0.4, 0.5) is 0 Å². The number of fused-ring (bicyclic) bond motifs is 8. The van der Waals surface area contributed by atoms with Crippen molar-refractivity contribution in [3.05, 3.63) is 103 Å². The van der Waals surface area contributed by atoms with Crippen molar-refractivity contribution in [2.24, 2.45) is 67.5 Å². The van der Waals surface area contributed by atoms with Crippen molar-refractivity contribution in [3.8, 4) is 0 Å². The zero-order chi connectivity index (χ0) is 37.6. The molecule has 0 heterocycles. The maximum Gasteiger partial charge on any atom is 0.00455 e. The Morgan fingerprint density at radius 3 is 1.57 bits per heavy atom. The van der Waals surface area contributed by atoms with E-state index in [4.69, 9.17) is 0 Å². The largest absolute Gasteiger partial charge is 1.00 e. The van der Waals surface area contributed by atoms with Gasteiger partial charge in [-0.15, -0.1) is 23.8 Å². The molecule has 296 valence electrons. The summed E-state index contributed by atoms with van der Waals surface area (Å²) in [6.07, 6.45) is 54.3. The van der Waals surface area contributed by atoms with E-state index in [1.807, 2.05) is 15.4 Å². The van der Waals surface area contributed by atoms with Gasteiger partial charge in [0.15, 0.2) is 0 Å². The van der Waals surface area contributed by atoms with Gasteiger partial charge >= 0.3 is 129 Å². The van der Waals surface area contributed by atoms with Crippen molar-refractivity contribution in [2.45, 2.75) is 140 Å². The second kappa shape index (κ2) is 17.2. The predicted molar refractivity (Wildman–Crippen MR) is 222 cm³/mol. The smallest absolute Gasteiger partial charge is 0.00455 e. The van der Waals surface area contributed by atoms with Crippen LogP contribution in [0.3, 0.4) is 0 Å². The molecule has 4 saturated carbocycles. The third-order valence-electron chi connectivity index (χ3n) is 18.3. The molecule has 0 saturated heterocycles. The first-order chi connectivity index (χ1) is 24.6. The van der Waals surface area contributed by atoms with Crippen LogP contribution >= 0.6 is 0 Å². The number of hydrogen-bond acceptors (Lipinski definition) is 0. The van der Waals surface area contributed by atoms with E-state index in [9.17, 15) is 0 Å². The number of hydrogen-bond donors (Lipinski definition) is 0. The Labute approximate surface area is 360 Å². The second-order valence-electron chi connectivity index (χ2n) is 19.5. The van der Waals surface area contributed by atoms with Crippen LogP contribution in [-0.4, -0.2) is 3.21 Å². The first kappa shape index (κ1) is 45.9. The van der Waals surface area contributed by atoms with E-state index in [1.54, 1.807) is 24.2 Å². The van der Waals surface area contributed by atoms with Gasteiger partial charge in [-0.2, -0.15) is 6.08 Å². The van der Waals surface area contributed by atoms with Crippen molar-refractivity contribution in [1.82, 2.24) is 0 Å². The van der Waals surface area contributed by atoms with E-state index < -0.39 is 0 Å². The van der Waals surface area contributed by atoms with Crippen LogP contribution in [0.5, 0.6) is 0 Å². The monoisotopic (exact) mass is 844 g/mol. The first-order valence-corrected chi connectivity index (χ1v) is 22.6. The summed E-state index contributed by atoms with van der Waals surface area (Å²) < 4.78 is 1.92. The zero-order valence-corrected chi connectivity index (χ0v) is 39.6. The summed E-state index contributed by atoms with van der Waals surface area (Å²) in [7, 11) is 0. The fourth-order valence-corrected chi connectivity index (χ4v) is 14.9. The van der Waals surface area contributed by atoms with Gasteiger partial charge in [-0.25, -0.2) is 12.2 Å². The minimum absolute atomic E-state index is 0. The molecule has 0 radical (unpaired) electrons. The fourth-order valence-electron chi connectivity index (χ4n) is 13.8. The Kier molecular flexibility index (Phi) is 14.7. The number of allylic oxidation sites excluding steroid dienone is 16. The van der Waals surface area contributed by atoms with Gasteiger partial charge in [-0.05, 0) is 28.6 Å². The molecule has 4 fully saturated rings. The summed E-state index contributed by atoms with van der Waals surface area (Å²) in [4.78, 5) is 0. The Morgan fingerprint density at radius 1 is 0.667 bits per heavy atom.